The quantitative estimate of drug-likeness (QED) is 0.771. The zero-order valence-electron chi connectivity index (χ0n) is 10.7. The predicted octanol–water partition coefficient (Wildman–Crippen LogP) is 2.32. The molecule has 0 N–H and O–H groups in total. The molecule has 0 aliphatic heterocycles. The monoisotopic (exact) mass is 242 g/mol. The maximum atomic E-state index is 11.4. The summed E-state index contributed by atoms with van der Waals surface area (Å²) < 4.78 is 6.64. The van der Waals surface area contributed by atoms with Crippen molar-refractivity contribution < 1.29 is 4.42 Å². The lowest BCUT2D eigenvalue weighted by atomic mass is 9.89. The van der Waals surface area contributed by atoms with Gasteiger partial charge in [0.15, 0.2) is 5.58 Å². The number of rotatable bonds is 1. The number of oxazole rings is 1. The molecule has 1 aromatic heterocycles. The van der Waals surface area contributed by atoms with Crippen molar-refractivity contribution in [1.82, 2.24) is 4.57 Å². The van der Waals surface area contributed by atoms with Crippen LogP contribution in [0.1, 0.15) is 25.8 Å². The summed E-state index contributed by atoms with van der Waals surface area (Å²) in [4.78, 5) is 11.4. The third-order valence-corrected chi connectivity index (χ3v) is 4.21. The number of nitrogens with zero attached hydrogens (tertiary/aromatic N) is 2. The lowest BCUT2D eigenvalue weighted by Crippen LogP contribution is -2.11. The summed E-state index contributed by atoms with van der Waals surface area (Å²) in [7, 11) is 1.68. The summed E-state index contributed by atoms with van der Waals surface area (Å²) in [5.74, 6) is -0.372. The van der Waals surface area contributed by atoms with Crippen LogP contribution >= 0.6 is 0 Å². The van der Waals surface area contributed by atoms with Crippen LogP contribution in [0.5, 0.6) is 0 Å². The van der Waals surface area contributed by atoms with Crippen molar-refractivity contribution in [2.24, 2.45) is 12.5 Å². The molecule has 3 rings (SSSR count). The van der Waals surface area contributed by atoms with E-state index in [0.717, 1.165) is 17.5 Å². The van der Waals surface area contributed by atoms with Gasteiger partial charge in [0.1, 0.15) is 0 Å². The normalized spacial score (nSPS) is 25.0. The Morgan fingerprint density at radius 1 is 1.44 bits per heavy atom. The van der Waals surface area contributed by atoms with Gasteiger partial charge in [0.2, 0.25) is 0 Å². The molecule has 92 valence electrons. The molecular weight excluding hydrogens is 228 g/mol. The Labute approximate surface area is 104 Å². The fourth-order valence-corrected chi connectivity index (χ4v) is 2.77. The molecular formula is C14H14N2O2. The second kappa shape index (κ2) is 3.05. The SMILES string of the molecule is Cn1c(=O)oc2cc(C3(C#N)CC3(C)C)ccc21. The minimum absolute atomic E-state index is 0.00942. The van der Waals surface area contributed by atoms with Crippen molar-refractivity contribution in [3.05, 3.63) is 34.3 Å². The van der Waals surface area contributed by atoms with Crippen LogP contribution in [0.4, 0.5) is 0 Å². The smallest absolute Gasteiger partial charge is 0.408 e. The largest absolute Gasteiger partial charge is 0.419 e. The number of hydrogen-bond donors (Lipinski definition) is 0. The predicted molar refractivity (Wildman–Crippen MR) is 67.1 cm³/mol. The second-order valence-electron chi connectivity index (χ2n) is 5.69. The van der Waals surface area contributed by atoms with Crippen molar-refractivity contribution in [3.63, 3.8) is 0 Å². The van der Waals surface area contributed by atoms with Gasteiger partial charge in [-0.25, -0.2) is 4.79 Å². The van der Waals surface area contributed by atoms with Crippen molar-refractivity contribution in [2.75, 3.05) is 0 Å². The molecule has 4 heteroatoms. The fourth-order valence-electron chi connectivity index (χ4n) is 2.77. The van der Waals surface area contributed by atoms with E-state index in [1.807, 2.05) is 18.2 Å². The minimum Gasteiger partial charge on any atom is -0.408 e. The van der Waals surface area contributed by atoms with Crippen LogP contribution in [0.25, 0.3) is 11.1 Å². The summed E-state index contributed by atoms with van der Waals surface area (Å²) >= 11 is 0. The van der Waals surface area contributed by atoms with Gasteiger partial charge in [-0.05, 0) is 29.5 Å². The van der Waals surface area contributed by atoms with E-state index in [2.05, 4.69) is 19.9 Å². The van der Waals surface area contributed by atoms with Crippen LogP contribution in [-0.2, 0) is 12.5 Å². The molecule has 1 aliphatic carbocycles. The van der Waals surface area contributed by atoms with E-state index in [4.69, 9.17) is 4.42 Å². The molecule has 1 fully saturated rings. The minimum atomic E-state index is -0.435. The maximum absolute atomic E-state index is 11.4. The average Bonchev–Trinajstić information content (AvgIpc) is 2.80. The number of hydrogen-bond acceptors (Lipinski definition) is 3. The molecule has 0 bridgehead atoms. The van der Waals surface area contributed by atoms with Crippen LogP contribution in [-0.4, -0.2) is 4.57 Å². The molecule has 1 unspecified atom stereocenters. The van der Waals surface area contributed by atoms with E-state index in [1.165, 1.54) is 4.57 Å². The molecule has 0 spiro atoms. The molecule has 2 aromatic rings. The Morgan fingerprint density at radius 3 is 2.67 bits per heavy atom. The molecule has 18 heavy (non-hydrogen) atoms. The average molecular weight is 242 g/mol. The fraction of sp³-hybridized carbons (Fsp3) is 0.429. The number of aryl methyl sites for hydroxylation is 1. The molecule has 0 amide bonds. The van der Waals surface area contributed by atoms with Crippen molar-refractivity contribution in [3.8, 4) is 6.07 Å². The molecule has 4 nitrogen and oxygen atoms in total. The Hall–Kier alpha value is -2.02. The van der Waals surface area contributed by atoms with Gasteiger partial charge in [-0.3, -0.25) is 4.57 Å². The summed E-state index contributed by atoms with van der Waals surface area (Å²) in [6.07, 6.45) is 0.846. The van der Waals surface area contributed by atoms with Crippen LogP contribution in [0.15, 0.2) is 27.4 Å². The zero-order chi connectivity index (χ0) is 13.1. The number of benzene rings is 1. The van der Waals surface area contributed by atoms with Gasteiger partial charge in [0.25, 0.3) is 0 Å². The van der Waals surface area contributed by atoms with Crippen molar-refractivity contribution >= 4 is 11.1 Å². The highest BCUT2D eigenvalue weighted by Crippen LogP contribution is 2.64. The molecule has 1 heterocycles. The summed E-state index contributed by atoms with van der Waals surface area (Å²) in [5, 5.41) is 9.43. The lowest BCUT2D eigenvalue weighted by Gasteiger charge is -2.12. The Morgan fingerprint density at radius 2 is 2.11 bits per heavy atom. The van der Waals surface area contributed by atoms with Gasteiger partial charge in [-0.15, -0.1) is 0 Å². The van der Waals surface area contributed by atoms with Crippen molar-refractivity contribution in [1.29, 1.82) is 5.26 Å². The van der Waals surface area contributed by atoms with E-state index in [-0.39, 0.29) is 11.2 Å². The molecule has 0 saturated heterocycles. The number of nitriles is 1. The van der Waals surface area contributed by atoms with Crippen LogP contribution in [0.2, 0.25) is 0 Å². The third kappa shape index (κ3) is 1.16. The molecule has 0 radical (unpaired) electrons. The van der Waals surface area contributed by atoms with Gasteiger partial charge in [0, 0.05) is 7.05 Å². The molecule has 1 aromatic carbocycles. The van der Waals surface area contributed by atoms with Gasteiger partial charge < -0.3 is 4.42 Å². The maximum Gasteiger partial charge on any atom is 0.419 e. The first kappa shape index (κ1) is 11.1. The van der Waals surface area contributed by atoms with E-state index >= 15 is 0 Å². The second-order valence-corrected chi connectivity index (χ2v) is 5.69. The summed E-state index contributed by atoms with van der Waals surface area (Å²) in [5.41, 5.74) is 1.81. The highest BCUT2D eigenvalue weighted by atomic mass is 16.4. The first-order chi connectivity index (χ1) is 8.41. The standard InChI is InChI=1S/C14H14N2O2/c1-13(2)7-14(13,8-15)9-4-5-10-11(6-9)18-12(17)16(10)3/h4-6H,7H2,1-3H3. The first-order valence-electron chi connectivity index (χ1n) is 5.93. The first-order valence-corrected chi connectivity index (χ1v) is 5.93. The topological polar surface area (TPSA) is 58.9 Å². The number of fused-ring (bicyclic) bond motifs is 1. The third-order valence-electron chi connectivity index (χ3n) is 4.21. The highest BCUT2D eigenvalue weighted by Gasteiger charge is 2.63. The van der Waals surface area contributed by atoms with Crippen LogP contribution < -0.4 is 5.76 Å². The summed E-state index contributed by atoms with van der Waals surface area (Å²) in [6.45, 7) is 4.17. The molecule has 1 atom stereocenters. The molecule has 1 saturated carbocycles. The Bertz CT molecular complexity index is 745. The number of aromatic nitrogens is 1. The van der Waals surface area contributed by atoms with E-state index < -0.39 is 5.41 Å². The van der Waals surface area contributed by atoms with E-state index in [9.17, 15) is 10.1 Å². The van der Waals surface area contributed by atoms with Crippen LogP contribution in [0, 0.1) is 16.7 Å². The van der Waals surface area contributed by atoms with Gasteiger partial charge in [0.05, 0.1) is 17.0 Å². The highest BCUT2D eigenvalue weighted by molar-refractivity contribution is 5.75. The van der Waals surface area contributed by atoms with Gasteiger partial charge in [-0.2, -0.15) is 5.26 Å². The van der Waals surface area contributed by atoms with E-state index in [1.54, 1.807) is 7.05 Å². The van der Waals surface area contributed by atoms with Gasteiger partial charge in [-0.1, -0.05) is 19.9 Å². The lowest BCUT2D eigenvalue weighted by molar-refractivity contribution is 0.526. The van der Waals surface area contributed by atoms with Crippen molar-refractivity contribution in [2.45, 2.75) is 25.7 Å². The Kier molecular flexibility index (Phi) is 1.88. The van der Waals surface area contributed by atoms with E-state index in [0.29, 0.717) is 5.58 Å². The van der Waals surface area contributed by atoms with Crippen LogP contribution in [0.3, 0.4) is 0 Å². The molecule has 1 aliphatic rings. The zero-order valence-corrected chi connectivity index (χ0v) is 10.7. The summed E-state index contributed by atoms with van der Waals surface area (Å²) in [6, 6.07) is 8.02. The Balaban J connectivity index is 2.22. The van der Waals surface area contributed by atoms with Gasteiger partial charge >= 0.3 is 5.76 Å².